The maximum absolute atomic E-state index is 14.0. The highest BCUT2D eigenvalue weighted by atomic mass is 19.1. The van der Waals surface area contributed by atoms with Crippen LogP contribution >= 0.6 is 0 Å². The van der Waals surface area contributed by atoms with Gasteiger partial charge < -0.3 is 19.7 Å². The number of carbonyl (C=O) groups excluding carboxylic acids is 1. The van der Waals surface area contributed by atoms with E-state index in [9.17, 15) is 9.18 Å². The molecule has 1 saturated heterocycles. The van der Waals surface area contributed by atoms with E-state index in [4.69, 9.17) is 14.7 Å². The number of benzene rings is 3. The van der Waals surface area contributed by atoms with Crippen LogP contribution in [-0.2, 0) is 4.79 Å². The molecule has 3 aromatic carbocycles. The monoisotopic (exact) mass is 417 g/mol. The number of nitrogens with zero attached hydrogens (tertiary/aromatic N) is 2. The Morgan fingerprint density at radius 2 is 1.87 bits per heavy atom. The number of amides is 1. The molecule has 1 aliphatic rings. The minimum Gasteiger partial charge on any atom is -0.493 e. The Kier molecular flexibility index (Phi) is 5.72. The average Bonchev–Trinajstić information content (AvgIpc) is 3.15. The first-order valence-corrected chi connectivity index (χ1v) is 9.77. The molecule has 6 nitrogen and oxygen atoms in total. The first-order valence-electron chi connectivity index (χ1n) is 9.77. The van der Waals surface area contributed by atoms with Crippen LogP contribution in [0.4, 0.5) is 15.8 Å². The van der Waals surface area contributed by atoms with E-state index >= 15 is 0 Å². The second-order valence-corrected chi connectivity index (χ2v) is 7.03. The highest BCUT2D eigenvalue weighted by molar-refractivity contribution is 6.01. The van der Waals surface area contributed by atoms with Crippen LogP contribution in [-0.4, -0.2) is 25.6 Å². The number of rotatable bonds is 6. The molecule has 1 atom stereocenters. The molecular weight excluding hydrogens is 397 g/mol. The van der Waals surface area contributed by atoms with Gasteiger partial charge in [0.25, 0.3) is 0 Å². The number of carbonyl (C=O) groups is 1. The van der Waals surface area contributed by atoms with Gasteiger partial charge in [-0.25, -0.2) is 4.39 Å². The summed E-state index contributed by atoms with van der Waals surface area (Å²) in [5.41, 5.74) is 1.54. The number of methoxy groups -OCH3 is 1. The zero-order valence-corrected chi connectivity index (χ0v) is 16.8. The quantitative estimate of drug-likeness (QED) is 0.628. The Morgan fingerprint density at radius 3 is 2.58 bits per heavy atom. The summed E-state index contributed by atoms with van der Waals surface area (Å²) < 4.78 is 25.2. The summed E-state index contributed by atoms with van der Waals surface area (Å²) in [5.74, 6) is 0.975. The van der Waals surface area contributed by atoms with Gasteiger partial charge in [-0.05, 0) is 55.0 Å². The summed E-state index contributed by atoms with van der Waals surface area (Å²) in [6.45, 7) is 0.455. The van der Waals surface area contributed by atoms with Gasteiger partial charge in [-0.2, -0.15) is 5.26 Å². The van der Waals surface area contributed by atoms with Crippen LogP contribution in [0.5, 0.6) is 17.2 Å². The van der Waals surface area contributed by atoms with Gasteiger partial charge in [-0.15, -0.1) is 0 Å². The number of anilines is 2. The van der Waals surface area contributed by atoms with Crippen molar-refractivity contribution in [1.82, 2.24) is 0 Å². The van der Waals surface area contributed by atoms with Gasteiger partial charge in [0.2, 0.25) is 5.91 Å². The summed E-state index contributed by atoms with van der Waals surface area (Å²) in [7, 11) is 1.51. The topological polar surface area (TPSA) is 74.6 Å². The van der Waals surface area contributed by atoms with E-state index in [1.54, 1.807) is 48.5 Å². The minimum atomic E-state index is -0.426. The Balaban J connectivity index is 1.42. The maximum atomic E-state index is 14.0. The average molecular weight is 417 g/mol. The van der Waals surface area contributed by atoms with E-state index < -0.39 is 11.9 Å². The molecule has 1 amide bonds. The summed E-state index contributed by atoms with van der Waals surface area (Å²) >= 11 is 0. The predicted molar refractivity (Wildman–Crippen MR) is 115 cm³/mol. The highest BCUT2D eigenvalue weighted by Gasteiger charge is 2.33. The van der Waals surface area contributed by atoms with Crippen LogP contribution < -0.4 is 19.7 Å². The number of hydrogen-bond acceptors (Lipinski definition) is 5. The zero-order valence-electron chi connectivity index (χ0n) is 16.8. The molecule has 0 spiro atoms. The maximum Gasteiger partial charge on any atom is 0.249 e. The third-order valence-corrected chi connectivity index (χ3v) is 5.06. The van der Waals surface area contributed by atoms with Crippen LogP contribution in [0.15, 0.2) is 66.7 Å². The molecule has 0 saturated carbocycles. The van der Waals surface area contributed by atoms with Crippen LogP contribution in [0.25, 0.3) is 0 Å². The molecule has 1 fully saturated rings. The Hall–Kier alpha value is -4.05. The number of nitrogens with one attached hydrogen (secondary N) is 1. The van der Waals surface area contributed by atoms with E-state index in [1.165, 1.54) is 18.1 Å². The third-order valence-electron chi connectivity index (χ3n) is 5.06. The molecular formula is C24H20FN3O3. The van der Waals surface area contributed by atoms with Gasteiger partial charge in [-0.1, -0.05) is 12.1 Å². The molecule has 3 aromatic rings. The number of para-hydroxylation sites is 1. The normalized spacial score (nSPS) is 15.5. The SMILES string of the molecule is COc1cc(C#N)ccc1Oc1ccc(NC2CCN(c3ccccc3F)C2=O)cc1. The smallest absolute Gasteiger partial charge is 0.249 e. The van der Waals surface area contributed by atoms with Crippen LogP contribution in [0.1, 0.15) is 12.0 Å². The van der Waals surface area contributed by atoms with E-state index in [-0.39, 0.29) is 5.91 Å². The second kappa shape index (κ2) is 8.76. The van der Waals surface area contributed by atoms with Gasteiger partial charge in [-0.3, -0.25) is 4.79 Å². The van der Waals surface area contributed by atoms with Gasteiger partial charge in [0.15, 0.2) is 11.5 Å². The number of ether oxygens (including phenoxy) is 2. The number of halogens is 1. The lowest BCUT2D eigenvalue weighted by Gasteiger charge is -2.18. The first-order chi connectivity index (χ1) is 15.1. The Morgan fingerprint density at radius 1 is 1.10 bits per heavy atom. The fourth-order valence-electron chi connectivity index (χ4n) is 3.49. The summed E-state index contributed by atoms with van der Waals surface area (Å²) in [6, 6.07) is 20.0. The van der Waals surface area contributed by atoms with Crippen LogP contribution in [0, 0.1) is 17.1 Å². The molecule has 0 aliphatic carbocycles. The summed E-state index contributed by atoms with van der Waals surface area (Å²) in [6.07, 6.45) is 0.577. The lowest BCUT2D eigenvalue weighted by molar-refractivity contribution is -0.117. The van der Waals surface area contributed by atoms with Crippen molar-refractivity contribution in [2.45, 2.75) is 12.5 Å². The molecule has 1 N–H and O–H groups in total. The number of hydrogen-bond donors (Lipinski definition) is 1. The van der Waals surface area contributed by atoms with Gasteiger partial charge in [0, 0.05) is 18.3 Å². The van der Waals surface area contributed by atoms with Gasteiger partial charge in [0.1, 0.15) is 17.6 Å². The molecule has 1 heterocycles. The first kappa shape index (κ1) is 20.2. The molecule has 0 radical (unpaired) electrons. The molecule has 7 heteroatoms. The molecule has 1 aliphatic heterocycles. The van der Waals surface area contributed by atoms with E-state index in [0.29, 0.717) is 41.5 Å². The second-order valence-electron chi connectivity index (χ2n) is 7.03. The summed E-state index contributed by atoms with van der Waals surface area (Å²) in [5, 5.41) is 12.2. The Bertz CT molecular complexity index is 1140. The zero-order chi connectivity index (χ0) is 21.8. The van der Waals surface area contributed by atoms with Crippen molar-refractivity contribution in [3.05, 3.63) is 78.1 Å². The van der Waals surface area contributed by atoms with Gasteiger partial charge in [0.05, 0.1) is 24.4 Å². The standard InChI is InChI=1S/C24H20FN3O3/c1-30-23-14-16(15-26)6-11-22(23)31-18-9-7-17(8-10-18)27-20-12-13-28(24(20)29)21-5-3-2-4-19(21)25/h2-11,14,20,27H,12-13H2,1H3. The van der Waals surface area contributed by atoms with E-state index in [2.05, 4.69) is 11.4 Å². The predicted octanol–water partition coefficient (Wildman–Crippen LogP) is 4.72. The van der Waals surface area contributed by atoms with Crippen molar-refractivity contribution in [2.75, 3.05) is 23.9 Å². The minimum absolute atomic E-state index is 0.159. The van der Waals surface area contributed by atoms with Crippen molar-refractivity contribution in [3.63, 3.8) is 0 Å². The van der Waals surface area contributed by atoms with Crippen molar-refractivity contribution in [2.24, 2.45) is 0 Å². The Labute approximate surface area is 179 Å². The molecule has 31 heavy (non-hydrogen) atoms. The van der Waals surface area contributed by atoms with Crippen molar-refractivity contribution < 1.29 is 18.7 Å². The lowest BCUT2D eigenvalue weighted by atomic mass is 10.2. The van der Waals surface area contributed by atoms with Crippen LogP contribution in [0.3, 0.4) is 0 Å². The molecule has 0 aromatic heterocycles. The molecule has 4 rings (SSSR count). The summed E-state index contributed by atoms with van der Waals surface area (Å²) in [4.78, 5) is 14.2. The van der Waals surface area contributed by atoms with E-state index in [0.717, 1.165) is 5.69 Å². The number of nitriles is 1. The van der Waals surface area contributed by atoms with Gasteiger partial charge >= 0.3 is 0 Å². The molecule has 1 unspecified atom stereocenters. The van der Waals surface area contributed by atoms with Crippen molar-refractivity contribution >= 4 is 17.3 Å². The lowest BCUT2D eigenvalue weighted by Crippen LogP contribution is -2.33. The van der Waals surface area contributed by atoms with Crippen molar-refractivity contribution in [1.29, 1.82) is 5.26 Å². The highest BCUT2D eigenvalue weighted by Crippen LogP contribution is 2.33. The molecule has 0 bridgehead atoms. The van der Waals surface area contributed by atoms with E-state index in [1.807, 2.05) is 12.1 Å². The third kappa shape index (κ3) is 4.28. The fourth-order valence-corrected chi connectivity index (χ4v) is 3.49. The fraction of sp³-hybridized carbons (Fsp3) is 0.167. The van der Waals surface area contributed by atoms with Crippen LogP contribution in [0.2, 0.25) is 0 Å². The molecule has 156 valence electrons. The van der Waals surface area contributed by atoms with Crippen molar-refractivity contribution in [3.8, 4) is 23.3 Å². The largest absolute Gasteiger partial charge is 0.493 e.